The number of fused-ring (bicyclic) bond motifs is 1. The number of aromatic nitrogens is 3. The predicted molar refractivity (Wildman–Crippen MR) is 122 cm³/mol. The number of carbonyl (C=O) groups is 2. The zero-order valence-electron chi connectivity index (χ0n) is 18.3. The summed E-state index contributed by atoms with van der Waals surface area (Å²) in [5.74, 6) is -0.171. The summed E-state index contributed by atoms with van der Waals surface area (Å²) in [5, 5.41) is 9.05. The lowest BCUT2D eigenvalue weighted by Crippen LogP contribution is -2.51. The average molecular weight is 466 g/mol. The van der Waals surface area contributed by atoms with Crippen LogP contribution in [-0.2, 0) is 17.9 Å². The number of piperazine rings is 1. The molecule has 2 aromatic carbocycles. The molecule has 170 valence electrons. The molecule has 0 spiro atoms. The smallest absolute Gasteiger partial charge is 0.276 e. The minimum Gasteiger partial charge on any atom is -0.365 e. The Kier molecular flexibility index (Phi) is 5.86. The molecule has 1 unspecified atom stereocenters. The third-order valence-corrected chi connectivity index (χ3v) is 6.52. The highest BCUT2D eigenvalue weighted by molar-refractivity contribution is 6.30. The van der Waals surface area contributed by atoms with Gasteiger partial charge in [0.05, 0.1) is 18.8 Å². The first kappa shape index (κ1) is 21.6. The van der Waals surface area contributed by atoms with Crippen LogP contribution in [0.5, 0.6) is 0 Å². The fourth-order valence-electron chi connectivity index (χ4n) is 4.30. The number of halogens is 1. The van der Waals surface area contributed by atoms with E-state index in [1.165, 1.54) is 0 Å². The van der Waals surface area contributed by atoms with Crippen LogP contribution in [-0.4, -0.2) is 62.8 Å². The van der Waals surface area contributed by atoms with E-state index in [2.05, 4.69) is 10.3 Å². The zero-order valence-corrected chi connectivity index (χ0v) is 19.0. The Hall–Kier alpha value is -3.23. The van der Waals surface area contributed by atoms with Crippen molar-refractivity contribution in [3.63, 3.8) is 0 Å². The van der Waals surface area contributed by atoms with Gasteiger partial charge in [0.15, 0.2) is 5.69 Å². The van der Waals surface area contributed by atoms with Gasteiger partial charge in [0.2, 0.25) is 0 Å². The number of nitrogens with zero attached hydrogens (tertiary/aromatic N) is 5. The highest BCUT2D eigenvalue weighted by Gasteiger charge is 2.32. The van der Waals surface area contributed by atoms with Crippen molar-refractivity contribution in [2.75, 3.05) is 26.2 Å². The number of carbonyl (C=O) groups excluding carboxylic acids is 2. The van der Waals surface area contributed by atoms with E-state index >= 15 is 0 Å². The molecule has 0 N–H and O–H groups in total. The first-order valence-corrected chi connectivity index (χ1v) is 11.3. The lowest BCUT2D eigenvalue weighted by molar-refractivity contribution is -0.00202. The van der Waals surface area contributed by atoms with Crippen molar-refractivity contribution in [1.82, 2.24) is 24.8 Å². The Morgan fingerprint density at radius 2 is 1.64 bits per heavy atom. The number of amides is 2. The standard InChI is InChI=1S/C24H24ClN5O3/c1-16-4-2-3-5-19(16)23(31)28-10-12-29(13-11-28)24(32)22-20-15-33-21(14-30(20)27-26-22)17-6-8-18(25)9-7-17/h2-9,21H,10-15H2,1H3. The van der Waals surface area contributed by atoms with Crippen LogP contribution in [0.3, 0.4) is 0 Å². The van der Waals surface area contributed by atoms with Gasteiger partial charge in [0.25, 0.3) is 11.8 Å². The van der Waals surface area contributed by atoms with Gasteiger partial charge >= 0.3 is 0 Å². The Bertz CT molecular complexity index is 1190. The molecular formula is C24H24ClN5O3. The van der Waals surface area contributed by atoms with Crippen LogP contribution in [0.4, 0.5) is 0 Å². The molecule has 3 heterocycles. The molecule has 5 rings (SSSR count). The monoisotopic (exact) mass is 465 g/mol. The fourth-order valence-corrected chi connectivity index (χ4v) is 4.43. The van der Waals surface area contributed by atoms with Crippen LogP contribution in [0.2, 0.25) is 5.02 Å². The normalized spacial score (nSPS) is 18.2. The first-order chi connectivity index (χ1) is 16.0. The maximum absolute atomic E-state index is 13.2. The van der Waals surface area contributed by atoms with Crippen LogP contribution in [0.1, 0.15) is 43.8 Å². The molecule has 0 radical (unpaired) electrons. The second-order valence-corrected chi connectivity index (χ2v) is 8.75. The zero-order chi connectivity index (χ0) is 22.9. The van der Waals surface area contributed by atoms with E-state index in [9.17, 15) is 9.59 Å². The van der Waals surface area contributed by atoms with Crippen LogP contribution >= 0.6 is 11.6 Å². The van der Waals surface area contributed by atoms with Gasteiger partial charge in [0, 0.05) is 36.8 Å². The summed E-state index contributed by atoms with van der Waals surface area (Å²) in [6.45, 7) is 4.55. The molecule has 3 aromatic rings. The molecule has 1 saturated heterocycles. The van der Waals surface area contributed by atoms with Gasteiger partial charge in [-0.05, 0) is 36.2 Å². The van der Waals surface area contributed by atoms with Gasteiger partial charge in [0.1, 0.15) is 6.10 Å². The topological polar surface area (TPSA) is 80.6 Å². The van der Waals surface area contributed by atoms with Crippen LogP contribution in [0.15, 0.2) is 48.5 Å². The van der Waals surface area contributed by atoms with Gasteiger partial charge < -0.3 is 14.5 Å². The Labute approximate surface area is 196 Å². The summed E-state index contributed by atoms with van der Waals surface area (Å²) in [5.41, 5.74) is 3.67. The molecule has 33 heavy (non-hydrogen) atoms. The minimum absolute atomic E-state index is 0.00266. The molecule has 8 nitrogen and oxygen atoms in total. The SMILES string of the molecule is Cc1ccccc1C(=O)N1CCN(C(=O)c2nnn3c2COC(c2ccc(Cl)cc2)C3)CC1. The number of rotatable bonds is 3. The second kappa shape index (κ2) is 8.96. The van der Waals surface area contributed by atoms with E-state index in [-0.39, 0.29) is 24.5 Å². The molecule has 1 atom stereocenters. The van der Waals surface area contributed by atoms with Gasteiger partial charge in [-0.3, -0.25) is 9.59 Å². The summed E-state index contributed by atoms with van der Waals surface area (Å²) in [6.07, 6.45) is -0.171. The molecule has 0 saturated carbocycles. The summed E-state index contributed by atoms with van der Waals surface area (Å²) < 4.78 is 7.75. The number of aryl methyl sites for hydroxylation is 1. The van der Waals surface area contributed by atoms with Gasteiger partial charge in [-0.1, -0.05) is 47.1 Å². The van der Waals surface area contributed by atoms with Crippen molar-refractivity contribution >= 4 is 23.4 Å². The van der Waals surface area contributed by atoms with E-state index < -0.39 is 0 Å². The van der Waals surface area contributed by atoms with Crippen molar-refractivity contribution in [2.45, 2.75) is 26.2 Å². The molecule has 9 heteroatoms. The molecule has 1 fully saturated rings. The summed E-state index contributed by atoms with van der Waals surface area (Å²) >= 11 is 5.98. The largest absolute Gasteiger partial charge is 0.365 e. The number of hydrogen-bond acceptors (Lipinski definition) is 5. The van der Waals surface area contributed by atoms with Crippen LogP contribution in [0, 0.1) is 6.92 Å². The molecule has 1 aromatic heterocycles. The quantitative estimate of drug-likeness (QED) is 0.593. The third kappa shape index (κ3) is 4.24. The van der Waals surface area contributed by atoms with Gasteiger partial charge in [-0.25, -0.2) is 4.68 Å². The molecule has 2 aliphatic heterocycles. The van der Waals surface area contributed by atoms with Crippen molar-refractivity contribution in [3.05, 3.63) is 81.6 Å². The van der Waals surface area contributed by atoms with Crippen molar-refractivity contribution < 1.29 is 14.3 Å². The van der Waals surface area contributed by atoms with Crippen LogP contribution in [0.25, 0.3) is 0 Å². The third-order valence-electron chi connectivity index (χ3n) is 6.27. The number of benzene rings is 2. The first-order valence-electron chi connectivity index (χ1n) is 10.9. The van der Waals surface area contributed by atoms with E-state index in [0.29, 0.717) is 54.7 Å². The molecule has 0 aliphatic carbocycles. The Morgan fingerprint density at radius 3 is 2.33 bits per heavy atom. The molecule has 0 bridgehead atoms. The average Bonchev–Trinajstić information content (AvgIpc) is 3.27. The minimum atomic E-state index is -0.173. The summed E-state index contributed by atoms with van der Waals surface area (Å²) in [7, 11) is 0. The molecule has 2 amide bonds. The highest BCUT2D eigenvalue weighted by atomic mass is 35.5. The molecular weight excluding hydrogens is 442 g/mol. The maximum Gasteiger partial charge on any atom is 0.276 e. The van der Waals surface area contributed by atoms with Crippen LogP contribution < -0.4 is 0 Å². The van der Waals surface area contributed by atoms with E-state index in [1.807, 2.05) is 55.5 Å². The molecule has 2 aliphatic rings. The Balaban J connectivity index is 1.23. The summed E-state index contributed by atoms with van der Waals surface area (Å²) in [6, 6.07) is 15.1. The lowest BCUT2D eigenvalue weighted by atomic mass is 10.1. The fraction of sp³-hybridized carbons (Fsp3) is 0.333. The van der Waals surface area contributed by atoms with Crippen molar-refractivity contribution in [1.29, 1.82) is 0 Å². The van der Waals surface area contributed by atoms with Gasteiger partial charge in [-0.2, -0.15) is 0 Å². The second-order valence-electron chi connectivity index (χ2n) is 8.32. The number of ether oxygens (including phenoxy) is 1. The van der Waals surface area contributed by atoms with Gasteiger partial charge in [-0.15, -0.1) is 5.10 Å². The predicted octanol–water partition coefficient (Wildman–Crippen LogP) is 3.11. The number of hydrogen-bond donors (Lipinski definition) is 0. The summed E-state index contributed by atoms with van der Waals surface area (Å²) in [4.78, 5) is 29.5. The Morgan fingerprint density at radius 1 is 0.970 bits per heavy atom. The maximum atomic E-state index is 13.2. The van der Waals surface area contributed by atoms with E-state index in [4.69, 9.17) is 16.3 Å². The highest BCUT2D eigenvalue weighted by Crippen LogP contribution is 2.28. The van der Waals surface area contributed by atoms with Crippen molar-refractivity contribution in [3.8, 4) is 0 Å². The van der Waals surface area contributed by atoms with E-state index in [0.717, 1.165) is 11.1 Å². The van der Waals surface area contributed by atoms with E-state index in [1.54, 1.807) is 14.5 Å². The van der Waals surface area contributed by atoms with Crippen molar-refractivity contribution in [2.24, 2.45) is 0 Å². The lowest BCUT2D eigenvalue weighted by Gasteiger charge is -2.35.